The summed E-state index contributed by atoms with van der Waals surface area (Å²) in [7, 11) is 1.32. The van der Waals surface area contributed by atoms with Crippen molar-refractivity contribution in [2.24, 2.45) is 11.8 Å². The van der Waals surface area contributed by atoms with E-state index in [9.17, 15) is 22.8 Å². The van der Waals surface area contributed by atoms with E-state index in [-0.39, 0.29) is 6.42 Å². The molecule has 0 saturated heterocycles. The molecule has 1 rings (SSSR count). The lowest BCUT2D eigenvalue weighted by Gasteiger charge is -2.14. The Morgan fingerprint density at radius 2 is 1.82 bits per heavy atom. The lowest BCUT2D eigenvalue weighted by molar-refractivity contribution is -0.138. The molecule has 1 amide bonds. The number of benzene rings is 1. The third-order valence-electron chi connectivity index (χ3n) is 3.23. The maximum Gasteiger partial charge on any atom is 0.416 e. The van der Waals surface area contributed by atoms with Gasteiger partial charge < -0.3 is 5.32 Å². The lowest BCUT2D eigenvalue weighted by atomic mass is 9.89. The van der Waals surface area contributed by atoms with Gasteiger partial charge in [-0.3, -0.25) is 9.59 Å². The normalized spacial score (nSPS) is 13.8. The number of carbonyl (C=O) groups excluding carboxylic acids is 2. The summed E-state index contributed by atoms with van der Waals surface area (Å²) in [5, 5.41) is 11.1. The van der Waals surface area contributed by atoms with Gasteiger partial charge in [-0.15, -0.1) is 0 Å². The van der Waals surface area contributed by atoms with Crippen molar-refractivity contribution in [1.82, 2.24) is 5.32 Å². The largest absolute Gasteiger partial charge is 0.416 e. The topological polar surface area (TPSA) is 70.0 Å². The molecule has 2 atom stereocenters. The van der Waals surface area contributed by atoms with Crippen LogP contribution in [0, 0.1) is 23.2 Å². The number of hydrogen-bond donors (Lipinski definition) is 1. The molecule has 1 aromatic carbocycles. The van der Waals surface area contributed by atoms with Crippen molar-refractivity contribution in [1.29, 1.82) is 5.26 Å². The number of nitrogens with zero attached hydrogens (tertiary/aromatic N) is 1. The second kappa shape index (κ2) is 7.07. The van der Waals surface area contributed by atoms with Gasteiger partial charge in [-0.2, -0.15) is 18.4 Å². The first kappa shape index (κ1) is 17.7. The summed E-state index contributed by atoms with van der Waals surface area (Å²) in [5.41, 5.74) is -0.238. The molecular weight excluding hydrogens is 297 g/mol. The molecule has 118 valence electrons. The van der Waals surface area contributed by atoms with Crippen molar-refractivity contribution in [3.63, 3.8) is 0 Å². The van der Waals surface area contributed by atoms with Crippen molar-refractivity contribution < 1.29 is 22.8 Å². The van der Waals surface area contributed by atoms with Crippen LogP contribution in [0.5, 0.6) is 0 Å². The number of rotatable bonds is 5. The van der Waals surface area contributed by atoms with Crippen molar-refractivity contribution in [2.75, 3.05) is 7.05 Å². The molecule has 0 aromatic heterocycles. The summed E-state index contributed by atoms with van der Waals surface area (Å²) < 4.78 is 37.4. The summed E-state index contributed by atoms with van der Waals surface area (Å²) >= 11 is 0. The van der Waals surface area contributed by atoms with Crippen LogP contribution in [-0.2, 0) is 22.2 Å². The molecule has 0 aliphatic rings. The molecule has 1 aromatic rings. The van der Waals surface area contributed by atoms with Gasteiger partial charge in [-0.1, -0.05) is 19.1 Å². The molecular formula is C15H15F3N2O2. The van der Waals surface area contributed by atoms with E-state index in [1.54, 1.807) is 6.07 Å². The van der Waals surface area contributed by atoms with Gasteiger partial charge in [0.1, 0.15) is 0 Å². The fourth-order valence-corrected chi connectivity index (χ4v) is 1.96. The number of carbonyl (C=O) groups is 2. The fourth-order valence-electron chi connectivity index (χ4n) is 1.96. The minimum Gasteiger partial charge on any atom is -0.358 e. The highest BCUT2D eigenvalue weighted by molar-refractivity contribution is 6.04. The number of ketones is 1. The van der Waals surface area contributed by atoms with E-state index < -0.39 is 35.3 Å². The monoisotopic (exact) mass is 312 g/mol. The molecule has 0 fully saturated rings. The Hall–Kier alpha value is -2.36. The molecule has 7 heteroatoms. The smallest absolute Gasteiger partial charge is 0.358 e. The number of Topliss-reactive ketones (excluding diaryl/α,β-unsaturated/α-hetero) is 1. The van der Waals surface area contributed by atoms with Crippen LogP contribution >= 0.6 is 0 Å². The van der Waals surface area contributed by atoms with E-state index >= 15 is 0 Å². The summed E-state index contributed by atoms with van der Waals surface area (Å²) in [5.74, 6) is -3.30. The molecule has 22 heavy (non-hydrogen) atoms. The zero-order valence-electron chi connectivity index (χ0n) is 12.1. The predicted molar refractivity (Wildman–Crippen MR) is 72.5 cm³/mol. The van der Waals surface area contributed by atoms with Gasteiger partial charge >= 0.3 is 6.18 Å². The van der Waals surface area contributed by atoms with E-state index in [0.29, 0.717) is 5.56 Å². The molecule has 0 aliphatic carbocycles. The van der Waals surface area contributed by atoms with Crippen LogP contribution < -0.4 is 5.32 Å². The van der Waals surface area contributed by atoms with E-state index in [2.05, 4.69) is 5.32 Å². The van der Waals surface area contributed by atoms with Crippen LogP contribution in [0.15, 0.2) is 24.3 Å². The van der Waals surface area contributed by atoms with Crippen molar-refractivity contribution in [2.45, 2.75) is 19.5 Å². The average Bonchev–Trinajstić information content (AvgIpc) is 2.47. The summed E-state index contributed by atoms with van der Waals surface area (Å²) in [6, 6.07) is 6.08. The number of amides is 1. The lowest BCUT2D eigenvalue weighted by Crippen LogP contribution is -2.35. The van der Waals surface area contributed by atoms with E-state index in [4.69, 9.17) is 5.26 Å². The minimum absolute atomic E-state index is 0.159. The number of nitrogens with one attached hydrogen (secondary N) is 1. The van der Waals surface area contributed by atoms with Gasteiger partial charge in [0.15, 0.2) is 11.7 Å². The first-order valence-corrected chi connectivity index (χ1v) is 6.51. The molecule has 1 N–H and O–H groups in total. The molecule has 4 nitrogen and oxygen atoms in total. The molecule has 0 heterocycles. The number of alkyl halides is 3. The Morgan fingerprint density at radius 3 is 2.23 bits per heavy atom. The SMILES string of the molecule is CNC(=O)C(C#N)C(=O)C(C)Cc1ccc(C(F)(F)F)cc1. The Labute approximate surface area is 125 Å². The summed E-state index contributed by atoms with van der Waals surface area (Å²) in [6.45, 7) is 1.54. The van der Waals surface area contributed by atoms with Gasteiger partial charge in [-0.25, -0.2) is 0 Å². The van der Waals surface area contributed by atoms with Crippen molar-refractivity contribution in [3.05, 3.63) is 35.4 Å². The Morgan fingerprint density at radius 1 is 1.27 bits per heavy atom. The zero-order valence-corrected chi connectivity index (χ0v) is 12.1. The predicted octanol–water partition coefficient (Wildman–Crippen LogP) is 2.34. The van der Waals surface area contributed by atoms with E-state index in [1.807, 2.05) is 0 Å². The quantitative estimate of drug-likeness (QED) is 0.848. The molecule has 0 bridgehead atoms. The standard InChI is InChI=1S/C15H15F3N2O2/c1-9(13(21)12(8-19)14(22)20-2)7-10-3-5-11(6-4-10)15(16,17)18/h3-6,9,12H,7H2,1-2H3,(H,20,22). The minimum atomic E-state index is -4.41. The molecule has 0 spiro atoms. The highest BCUT2D eigenvalue weighted by Gasteiger charge is 2.31. The number of hydrogen-bond acceptors (Lipinski definition) is 3. The van der Waals surface area contributed by atoms with Gasteiger partial charge in [-0.05, 0) is 24.1 Å². The van der Waals surface area contributed by atoms with Crippen LogP contribution in [0.25, 0.3) is 0 Å². The summed E-state index contributed by atoms with van der Waals surface area (Å²) in [6.07, 6.45) is -4.25. The van der Waals surface area contributed by atoms with Gasteiger partial charge in [0.2, 0.25) is 5.91 Å². The molecule has 2 unspecified atom stereocenters. The van der Waals surface area contributed by atoms with Crippen molar-refractivity contribution >= 4 is 11.7 Å². The van der Waals surface area contributed by atoms with Crippen LogP contribution in [0.2, 0.25) is 0 Å². The van der Waals surface area contributed by atoms with E-state index in [0.717, 1.165) is 12.1 Å². The number of halogens is 3. The molecule has 0 aliphatic heterocycles. The molecule has 0 saturated carbocycles. The van der Waals surface area contributed by atoms with Gasteiger partial charge in [0.05, 0.1) is 11.6 Å². The Kier molecular flexibility index (Phi) is 5.69. The zero-order chi connectivity index (χ0) is 16.9. The van der Waals surface area contributed by atoms with E-state index in [1.165, 1.54) is 26.1 Å². The Balaban J connectivity index is 2.80. The van der Waals surface area contributed by atoms with Crippen LogP contribution in [0.1, 0.15) is 18.1 Å². The first-order chi connectivity index (χ1) is 10.2. The third kappa shape index (κ3) is 4.32. The third-order valence-corrected chi connectivity index (χ3v) is 3.23. The van der Waals surface area contributed by atoms with Crippen molar-refractivity contribution in [3.8, 4) is 6.07 Å². The second-order valence-corrected chi connectivity index (χ2v) is 4.88. The van der Waals surface area contributed by atoms with Crippen LogP contribution in [0.3, 0.4) is 0 Å². The van der Waals surface area contributed by atoms with Gasteiger partial charge in [0.25, 0.3) is 0 Å². The van der Waals surface area contributed by atoms with Crippen LogP contribution in [-0.4, -0.2) is 18.7 Å². The maximum atomic E-state index is 12.5. The first-order valence-electron chi connectivity index (χ1n) is 6.51. The highest BCUT2D eigenvalue weighted by atomic mass is 19.4. The summed E-state index contributed by atoms with van der Waals surface area (Å²) in [4.78, 5) is 23.5. The second-order valence-electron chi connectivity index (χ2n) is 4.88. The maximum absolute atomic E-state index is 12.5. The van der Waals surface area contributed by atoms with Crippen LogP contribution in [0.4, 0.5) is 13.2 Å². The molecule has 0 radical (unpaired) electrons. The highest BCUT2D eigenvalue weighted by Crippen LogP contribution is 2.29. The fraction of sp³-hybridized carbons (Fsp3) is 0.400. The number of nitriles is 1. The average molecular weight is 312 g/mol. The van der Waals surface area contributed by atoms with Gasteiger partial charge in [0, 0.05) is 13.0 Å². The Bertz CT molecular complexity index is 588.